The van der Waals surface area contributed by atoms with Gasteiger partial charge in [-0.1, -0.05) is 18.2 Å². The molecule has 1 aliphatic heterocycles. The van der Waals surface area contributed by atoms with E-state index >= 15 is 0 Å². The molecule has 0 bridgehead atoms. The number of hydrogen-bond donors (Lipinski definition) is 1. The lowest BCUT2D eigenvalue weighted by molar-refractivity contribution is -0.137. The van der Waals surface area contributed by atoms with Crippen LogP contribution in [-0.4, -0.2) is 19.3 Å². The maximum atomic E-state index is 14.2. The Hall–Kier alpha value is -2.12. The summed E-state index contributed by atoms with van der Waals surface area (Å²) in [4.78, 5) is 0. The van der Waals surface area contributed by atoms with Crippen LogP contribution in [0.4, 0.5) is 17.6 Å². The zero-order valence-electron chi connectivity index (χ0n) is 14.0. The second-order valence-electron chi connectivity index (χ2n) is 6.18. The smallest absolute Gasteiger partial charge is 0.416 e. The van der Waals surface area contributed by atoms with Crippen molar-refractivity contribution in [2.24, 2.45) is 0 Å². The fourth-order valence-electron chi connectivity index (χ4n) is 2.72. The summed E-state index contributed by atoms with van der Waals surface area (Å²) < 4.78 is 63.0. The Bertz CT molecular complexity index is 743. The van der Waals surface area contributed by atoms with Gasteiger partial charge in [0, 0.05) is 30.8 Å². The summed E-state index contributed by atoms with van der Waals surface area (Å²) in [6, 6.07) is 9.58. The molecule has 1 fully saturated rings. The van der Waals surface area contributed by atoms with Crippen LogP contribution < -0.4 is 10.1 Å². The van der Waals surface area contributed by atoms with Crippen LogP contribution >= 0.6 is 0 Å². The van der Waals surface area contributed by atoms with Gasteiger partial charge in [-0.15, -0.1) is 0 Å². The molecule has 1 aliphatic rings. The fourth-order valence-corrected chi connectivity index (χ4v) is 2.72. The predicted octanol–water partition coefficient (Wildman–Crippen LogP) is 4.30. The van der Waals surface area contributed by atoms with E-state index in [4.69, 9.17) is 9.47 Å². The van der Waals surface area contributed by atoms with Crippen molar-refractivity contribution in [1.29, 1.82) is 0 Å². The topological polar surface area (TPSA) is 30.5 Å². The Morgan fingerprint density at radius 1 is 1.15 bits per heavy atom. The molecule has 0 unspecified atom stereocenters. The van der Waals surface area contributed by atoms with E-state index in [2.05, 4.69) is 5.32 Å². The van der Waals surface area contributed by atoms with E-state index in [1.54, 1.807) is 12.1 Å². The number of ether oxygens (including phenoxy) is 2. The lowest BCUT2D eigenvalue weighted by Gasteiger charge is -2.13. The van der Waals surface area contributed by atoms with Crippen molar-refractivity contribution in [2.45, 2.75) is 31.8 Å². The summed E-state index contributed by atoms with van der Waals surface area (Å²) in [6.45, 7) is 1.65. The maximum absolute atomic E-state index is 14.2. The molecular formula is C19H19F4NO2. The Kier molecular flexibility index (Phi) is 5.78. The molecule has 3 rings (SSSR count). The first-order valence-electron chi connectivity index (χ1n) is 8.30. The highest BCUT2D eigenvalue weighted by molar-refractivity contribution is 5.30. The number of hydrogen-bond acceptors (Lipinski definition) is 3. The molecule has 140 valence electrons. The molecule has 1 saturated heterocycles. The summed E-state index contributed by atoms with van der Waals surface area (Å²) >= 11 is 0. The van der Waals surface area contributed by atoms with Crippen molar-refractivity contribution in [1.82, 2.24) is 5.32 Å². The molecule has 2 aromatic carbocycles. The lowest BCUT2D eigenvalue weighted by Crippen LogP contribution is -2.28. The Morgan fingerprint density at radius 3 is 2.69 bits per heavy atom. The molecule has 0 radical (unpaired) electrons. The molecule has 0 aliphatic carbocycles. The van der Waals surface area contributed by atoms with Crippen molar-refractivity contribution in [2.75, 3.05) is 13.2 Å². The molecule has 1 heterocycles. The van der Waals surface area contributed by atoms with E-state index in [0.29, 0.717) is 30.9 Å². The van der Waals surface area contributed by atoms with Crippen molar-refractivity contribution >= 4 is 0 Å². The normalized spacial score (nSPS) is 17.5. The van der Waals surface area contributed by atoms with Gasteiger partial charge in [-0.3, -0.25) is 0 Å². The van der Waals surface area contributed by atoms with Crippen LogP contribution in [-0.2, 0) is 24.1 Å². The van der Waals surface area contributed by atoms with E-state index in [1.807, 2.05) is 0 Å². The summed E-state index contributed by atoms with van der Waals surface area (Å²) in [5.41, 5.74) is 0.137. The number of nitrogens with one attached hydrogen (secondary N) is 1. The highest BCUT2D eigenvalue weighted by atomic mass is 19.4. The summed E-state index contributed by atoms with van der Waals surface area (Å²) in [5.74, 6) is -0.147. The quantitative estimate of drug-likeness (QED) is 0.770. The van der Waals surface area contributed by atoms with Crippen LogP contribution in [0.3, 0.4) is 0 Å². The summed E-state index contributed by atoms with van der Waals surface area (Å²) in [7, 11) is 0. The van der Waals surface area contributed by atoms with Crippen LogP contribution in [0.15, 0.2) is 42.5 Å². The van der Waals surface area contributed by atoms with Crippen molar-refractivity contribution in [3.8, 4) is 5.75 Å². The second-order valence-corrected chi connectivity index (χ2v) is 6.18. The first-order chi connectivity index (χ1) is 12.4. The van der Waals surface area contributed by atoms with Crippen LogP contribution in [0.25, 0.3) is 0 Å². The van der Waals surface area contributed by atoms with Crippen LogP contribution in [0, 0.1) is 5.82 Å². The molecule has 0 amide bonds. The number of rotatable bonds is 6. The third-order valence-electron chi connectivity index (χ3n) is 4.20. The van der Waals surface area contributed by atoms with Crippen molar-refractivity contribution < 1.29 is 27.0 Å². The predicted molar refractivity (Wildman–Crippen MR) is 88.2 cm³/mol. The van der Waals surface area contributed by atoms with Gasteiger partial charge >= 0.3 is 6.18 Å². The summed E-state index contributed by atoms with van der Waals surface area (Å²) in [6.07, 6.45) is -3.50. The number of halogens is 4. The first kappa shape index (κ1) is 18.7. The van der Waals surface area contributed by atoms with Crippen molar-refractivity contribution in [3.63, 3.8) is 0 Å². The van der Waals surface area contributed by atoms with Crippen LogP contribution in [0.2, 0.25) is 0 Å². The van der Waals surface area contributed by atoms with Gasteiger partial charge in [0.25, 0.3) is 0 Å². The minimum Gasteiger partial charge on any atom is -0.489 e. The average molecular weight is 369 g/mol. The zero-order valence-corrected chi connectivity index (χ0v) is 14.0. The molecule has 7 heteroatoms. The van der Waals surface area contributed by atoms with Gasteiger partial charge in [0.05, 0.1) is 12.2 Å². The van der Waals surface area contributed by atoms with Crippen LogP contribution in [0.5, 0.6) is 5.75 Å². The van der Waals surface area contributed by atoms with E-state index in [0.717, 1.165) is 18.6 Å². The molecule has 1 atom stereocenters. The average Bonchev–Trinajstić information content (AvgIpc) is 3.12. The van der Waals surface area contributed by atoms with E-state index in [-0.39, 0.29) is 18.4 Å². The zero-order chi connectivity index (χ0) is 18.6. The molecule has 1 N–H and O–H groups in total. The van der Waals surface area contributed by atoms with Crippen molar-refractivity contribution in [3.05, 3.63) is 65.0 Å². The Morgan fingerprint density at radius 2 is 2.00 bits per heavy atom. The molecule has 0 spiro atoms. The molecule has 26 heavy (non-hydrogen) atoms. The monoisotopic (exact) mass is 369 g/mol. The molecule has 3 nitrogen and oxygen atoms in total. The van der Waals surface area contributed by atoms with Gasteiger partial charge in [0.1, 0.15) is 18.2 Å². The fraction of sp³-hybridized carbons (Fsp3) is 0.368. The van der Waals surface area contributed by atoms with Gasteiger partial charge in [-0.2, -0.15) is 13.2 Å². The van der Waals surface area contributed by atoms with Gasteiger partial charge in [0.15, 0.2) is 0 Å². The van der Waals surface area contributed by atoms with E-state index < -0.39 is 17.6 Å². The van der Waals surface area contributed by atoms with Gasteiger partial charge in [0.2, 0.25) is 0 Å². The Labute approximate surface area is 148 Å². The number of alkyl halides is 3. The van der Waals surface area contributed by atoms with E-state index in [1.165, 1.54) is 18.2 Å². The molecule has 0 aromatic heterocycles. The standard InChI is InChI=1S/C19H19F4NO2/c20-18-9-17(5-4-14(18)10-24-16-6-7-25-12-16)26-11-13-2-1-3-15(8-13)19(21,22)23/h1-5,8-9,16,24H,6-7,10-12H2/t16-/m0/s1. The maximum Gasteiger partial charge on any atom is 0.416 e. The van der Waals surface area contributed by atoms with Crippen LogP contribution in [0.1, 0.15) is 23.1 Å². The molecule has 0 saturated carbocycles. The van der Waals surface area contributed by atoms with Gasteiger partial charge in [-0.25, -0.2) is 4.39 Å². The molecular weight excluding hydrogens is 350 g/mol. The minimum absolute atomic E-state index is 0.0691. The molecule has 2 aromatic rings. The van der Waals surface area contributed by atoms with Gasteiger partial charge < -0.3 is 14.8 Å². The Balaban J connectivity index is 1.57. The second kappa shape index (κ2) is 8.05. The third kappa shape index (κ3) is 4.95. The third-order valence-corrected chi connectivity index (χ3v) is 4.20. The minimum atomic E-state index is -4.40. The van der Waals surface area contributed by atoms with Gasteiger partial charge in [-0.05, 0) is 30.2 Å². The SMILES string of the molecule is Fc1cc(OCc2cccc(C(F)(F)F)c2)ccc1CN[C@H]1CCOC1. The lowest BCUT2D eigenvalue weighted by atomic mass is 10.1. The highest BCUT2D eigenvalue weighted by Crippen LogP contribution is 2.29. The van der Waals surface area contributed by atoms with E-state index in [9.17, 15) is 17.6 Å². The summed E-state index contributed by atoms with van der Waals surface area (Å²) in [5, 5.41) is 3.22. The largest absolute Gasteiger partial charge is 0.489 e. The number of benzene rings is 2. The highest BCUT2D eigenvalue weighted by Gasteiger charge is 2.30. The first-order valence-corrected chi connectivity index (χ1v) is 8.30.